The molecule has 1 unspecified atom stereocenters. The Bertz CT molecular complexity index is 149. The summed E-state index contributed by atoms with van der Waals surface area (Å²) in [6.07, 6.45) is 5.59. The van der Waals surface area contributed by atoms with E-state index in [2.05, 4.69) is 17.1 Å². The van der Waals surface area contributed by atoms with Crippen LogP contribution in [0.1, 0.15) is 32.6 Å². The highest BCUT2D eigenvalue weighted by atomic mass is 35.5. The molecule has 0 bridgehead atoms. The molecule has 1 N–H and O–H groups in total. The monoisotopic (exact) mass is 240 g/mol. The third-order valence-corrected chi connectivity index (χ3v) is 3.31. The lowest BCUT2D eigenvalue weighted by Gasteiger charge is -2.24. The van der Waals surface area contributed by atoms with Crippen LogP contribution in [0.15, 0.2) is 0 Å². The van der Waals surface area contributed by atoms with Crippen molar-refractivity contribution in [3.8, 4) is 0 Å². The number of likely N-dealkylation sites (tertiary alicyclic amines) is 1. The SMILES string of the molecule is CC1CCCN1C[C@@H]1CCCN1.Cl.Cl. The van der Waals surface area contributed by atoms with Crippen molar-refractivity contribution in [2.75, 3.05) is 19.6 Å². The van der Waals surface area contributed by atoms with Crippen LogP contribution in [0.2, 0.25) is 0 Å². The van der Waals surface area contributed by atoms with Crippen molar-refractivity contribution in [3.63, 3.8) is 0 Å². The van der Waals surface area contributed by atoms with Crippen LogP contribution in [0.3, 0.4) is 0 Å². The molecule has 2 fully saturated rings. The molecular weight excluding hydrogens is 219 g/mol. The predicted octanol–water partition coefficient (Wildman–Crippen LogP) is 2.07. The van der Waals surface area contributed by atoms with Crippen molar-refractivity contribution in [1.82, 2.24) is 10.2 Å². The van der Waals surface area contributed by atoms with Crippen LogP contribution in [0, 0.1) is 0 Å². The largest absolute Gasteiger partial charge is 0.313 e. The van der Waals surface area contributed by atoms with Gasteiger partial charge in [-0.25, -0.2) is 0 Å². The first-order valence-electron chi connectivity index (χ1n) is 5.33. The van der Waals surface area contributed by atoms with Crippen LogP contribution in [0.25, 0.3) is 0 Å². The van der Waals surface area contributed by atoms with E-state index in [1.54, 1.807) is 0 Å². The molecule has 0 amide bonds. The van der Waals surface area contributed by atoms with Gasteiger partial charge in [0.2, 0.25) is 0 Å². The van der Waals surface area contributed by atoms with E-state index in [4.69, 9.17) is 0 Å². The number of hydrogen-bond donors (Lipinski definition) is 1. The Morgan fingerprint density at radius 2 is 2.00 bits per heavy atom. The van der Waals surface area contributed by atoms with Gasteiger partial charge in [0, 0.05) is 18.6 Å². The zero-order chi connectivity index (χ0) is 8.39. The molecule has 2 rings (SSSR count). The molecule has 4 heteroatoms. The van der Waals surface area contributed by atoms with Crippen LogP contribution in [0.5, 0.6) is 0 Å². The van der Waals surface area contributed by atoms with Gasteiger partial charge in [0.1, 0.15) is 0 Å². The Morgan fingerprint density at radius 3 is 2.50 bits per heavy atom. The van der Waals surface area contributed by atoms with Gasteiger partial charge in [-0.15, -0.1) is 24.8 Å². The Labute approximate surface area is 99.6 Å². The molecule has 2 nitrogen and oxygen atoms in total. The maximum absolute atomic E-state index is 3.56. The summed E-state index contributed by atoms with van der Waals surface area (Å²) in [6, 6.07) is 1.64. The highest BCUT2D eigenvalue weighted by molar-refractivity contribution is 5.85. The Morgan fingerprint density at radius 1 is 1.21 bits per heavy atom. The van der Waals surface area contributed by atoms with Gasteiger partial charge in [0.15, 0.2) is 0 Å². The van der Waals surface area contributed by atoms with Gasteiger partial charge in [-0.2, -0.15) is 0 Å². The highest BCUT2D eigenvalue weighted by Crippen LogP contribution is 2.18. The van der Waals surface area contributed by atoms with Gasteiger partial charge in [-0.1, -0.05) is 0 Å². The quantitative estimate of drug-likeness (QED) is 0.796. The van der Waals surface area contributed by atoms with E-state index in [0.29, 0.717) is 0 Å². The number of rotatable bonds is 2. The van der Waals surface area contributed by atoms with Gasteiger partial charge in [-0.05, 0) is 45.7 Å². The highest BCUT2D eigenvalue weighted by Gasteiger charge is 2.24. The summed E-state index contributed by atoms with van der Waals surface area (Å²) < 4.78 is 0. The van der Waals surface area contributed by atoms with Gasteiger partial charge in [0.05, 0.1) is 0 Å². The van der Waals surface area contributed by atoms with Crippen molar-refractivity contribution >= 4 is 24.8 Å². The Hall–Kier alpha value is 0.500. The minimum atomic E-state index is 0. The standard InChI is InChI=1S/C10H20N2.2ClH/c1-9-4-3-7-12(9)8-10-5-2-6-11-10;;/h9-11H,2-8H2,1H3;2*1H/t9?,10-;;/m0../s1. The Kier molecular flexibility index (Phi) is 7.13. The lowest BCUT2D eigenvalue weighted by molar-refractivity contribution is 0.244. The summed E-state index contributed by atoms with van der Waals surface area (Å²) >= 11 is 0. The predicted molar refractivity (Wildman–Crippen MR) is 65.8 cm³/mol. The number of nitrogens with zero attached hydrogens (tertiary/aromatic N) is 1. The van der Waals surface area contributed by atoms with E-state index in [-0.39, 0.29) is 24.8 Å². The lowest BCUT2D eigenvalue weighted by atomic mass is 10.2. The third kappa shape index (κ3) is 3.58. The molecule has 2 aliphatic rings. The van der Waals surface area contributed by atoms with E-state index < -0.39 is 0 Å². The van der Waals surface area contributed by atoms with Crippen LogP contribution in [-0.4, -0.2) is 36.6 Å². The zero-order valence-corrected chi connectivity index (χ0v) is 10.5. The van der Waals surface area contributed by atoms with Crippen molar-refractivity contribution in [2.24, 2.45) is 0 Å². The van der Waals surface area contributed by atoms with Crippen molar-refractivity contribution in [3.05, 3.63) is 0 Å². The van der Waals surface area contributed by atoms with E-state index in [1.165, 1.54) is 45.3 Å². The number of hydrogen-bond acceptors (Lipinski definition) is 2. The number of halogens is 2. The van der Waals surface area contributed by atoms with Gasteiger partial charge in [0.25, 0.3) is 0 Å². The van der Waals surface area contributed by atoms with E-state index in [1.807, 2.05) is 0 Å². The maximum atomic E-state index is 3.56. The molecule has 14 heavy (non-hydrogen) atoms. The average molecular weight is 241 g/mol. The topological polar surface area (TPSA) is 15.3 Å². The summed E-state index contributed by atoms with van der Waals surface area (Å²) in [5, 5.41) is 3.56. The van der Waals surface area contributed by atoms with Crippen LogP contribution in [0.4, 0.5) is 0 Å². The molecule has 0 saturated carbocycles. The molecule has 0 aromatic rings. The van der Waals surface area contributed by atoms with Crippen molar-refractivity contribution in [1.29, 1.82) is 0 Å². The second kappa shape index (κ2) is 6.89. The molecule has 0 spiro atoms. The summed E-state index contributed by atoms with van der Waals surface area (Å²) in [5.74, 6) is 0. The zero-order valence-electron chi connectivity index (χ0n) is 8.87. The smallest absolute Gasteiger partial charge is 0.0195 e. The minimum Gasteiger partial charge on any atom is -0.313 e. The van der Waals surface area contributed by atoms with E-state index >= 15 is 0 Å². The molecule has 2 aliphatic heterocycles. The van der Waals surface area contributed by atoms with Crippen molar-refractivity contribution in [2.45, 2.75) is 44.7 Å². The van der Waals surface area contributed by atoms with Crippen LogP contribution >= 0.6 is 24.8 Å². The first-order valence-corrected chi connectivity index (χ1v) is 5.33. The fourth-order valence-corrected chi connectivity index (χ4v) is 2.46. The van der Waals surface area contributed by atoms with E-state index in [9.17, 15) is 0 Å². The summed E-state index contributed by atoms with van der Waals surface area (Å²) in [6.45, 7) is 6.23. The first kappa shape index (κ1) is 14.5. The first-order chi connectivity index (χ1) is 5.86. The molecule has 0 radical (unpaired) electrons. The molecule has 2 saturated heterocycles. The van der Waals surface area contributed by atoms with Crippen molar-refractivity contribution < 1.29 is 0 Å². The van der Waals surface area contributed by atoms with Gasteiger partial charge >= 0.3 is 0 Å². The van der Waals surface area contributed by atoms with Crippen LogP contribution in [-0.2, 0) is 0 Å². The second-order valence-corrected chi connectivity index (χ2v) is 4.28. The van der Waals surface area contributed by atoms with Crippen LogP contribution < -0.4 is 5.32 Å². The summed E-state index contributed by atoms with van der Waals surface area (Å²) in [4.78, 5) is 2.64. The second-order valence-electron chi connectivity index (χ2n) is 4.28. The summed E-state index contributed by atoms with van der Waals surface area (Å²) in [5.41, 5.74) is 0. The molecule has 0 aliphatic carbocycles. The normalized spacial score (nSPS) is 32.4. The summed E-state index contributed by atoms with van der Waals surface area (Å²) in [7, 11) is 0. The fourth-order valence-electron chi connectivity index (χ4n) is 2.46. The molecule has 0 aromatic heterocycles. The Balaban J connectivity index is 0.000000845. The molecule has 2 atom stereocenters. The molecule has 86 valence electrons. The number of nitrogens with one attached hydrogen (secondary N) is 1. The average Bonchev–Trinajstić information content (AvgIpc) is 2.65. The van der Waals surface area contributed by atoms with E-state index in [0.717, 1.165) is 12.1 Å². The third-order valence-electron chi connectivity index (χ3n) is 3.31. The minimum absolute atomic E-state index is 0. The fraction of sp³-hybridized carbons (Fsp3) is 1.00. The molecule has 0 aromatic carbocycles. The molecule has 2 heterocycles. The lowest BCUT2D eigenvalue weighted by Crippen LogP contribution is -2.39. The van der Waals surface area contributed by atoms with Gasteiger partial charge in [-0.3, -0.25) is 4.90 Å². The van der Waals surface area contributed by atoms with Gasteiger partial charge < -0.3 is 5.32 Å². The molecular formula is C10H22Cl2N2. The maximum Gasteiger partial charge on any atom is 0.0195 e.